The van der Waals surface area contributed by atoms with Crippen LogP contribution in [-0.2, 0) is 14.6 Å². The highest BCUT2D eigenvalue weighted by Gasteiger charge is 2.17. The van der Waals surface area contributed by atoms with Crippen molar-refractivity contribution in [1.29, 1.82) is 5.26 Å². The van der Waals surface area contributed by atoms with Gasteiger partial charge in [0.05, 0.1) is 23.6 Å². The molecule has 1 aromatic carbocycles. The highest BCUT2D eigenvalue weighted by molar-refractivity contribution is 7.91. The Balaban J connectivity index is 3.34. The Morgan fingerprint density at radius 1 is 1.47 bits per heavy atom. The number of methoxy groups -OCH3 is 1. The zero-order chi connectivity index (χ0) is 13.1. The highest BCUT2D eigenvalue weighted by atomic mass is 35.5. The molecule has 0 aromatic heterocycles. The molecule has 0 fully saturated rings. The second-order valence-electron chi connectivity index (χ2n) is 3.08. The number of nitrogens with zero attached hydrogens (tertiary/aromatic N) is 1. The molecule has 0 unspecified atom stereocenters. The van der Waals surface area contributed by atoms with E-state index in [-0.39, 0.29) is 15.5 Å². The lowest BCUT2D eigenvalue weighted by atomic mass is 10.2. The number of rotatable bonds is 3. The van der Waals surface area contributed by atoms with Crippen LogP contribution in [0.15, 0.2) is 23.1 Å². The minimum Gasteiger partial charge on any atom is -0.465 e. The summed E-state index contributed by atoms with van der Waals surface area (Å²) >= 11 is 5.70. The van der Waals surface area contributed by atoms with Crippen molar-refractivity contribution in [2.45, 2.75) is 4.90 Å². The molecular formula is C10H8ClNO4S. The predicted molar refractivity (Wildman–Crippen MR) is 60.5 cm³/mol. The number of hydrogen-bond donors (Lipinski definition) is 0. The summed E-state index contributed by atoms with van der Waals surface area (Å²) in [6, 6.07) is 5.14. The van der Waals surface area contributed by atoms with Crippen LogP contribution in [0, 0.1) is 11.3 Å². The van der Waals surface area contributed by atoms with Gasteiger partial charge in [-0.15, -0.1) is 0 Å². The van der Waals surface area contributed by atoms with E-state index in [4.69, 9.17) is 16.9 Å². The first-order chi connectivity index (χ1) is 7.90. The van der Waals surface area contributed by atoms with E-state index < -0.39 is 21.6 Å². The van der Waals surface area contributed by atoms with Gasteiger partial charge in [0.15, 0.2) is 9.84 Å². The standard InChI is InChI=1S/C10H8ClNO4S/c1-16-10(13)7-4-8(11)6-9(5-7)17(14,15)3-2-12/h4-6H,3H2,1H3. The van der Waals surface area contributed by atoms with E-state index in [1.165, 1.54) is 19.2 Å². The summed E-state index contributed by atoms with van der Waals surface area (Å²) in [4.78, 5) is 11.1. The molecule has 0 aliphatic carbocycles. The van der Waals surface area contributed by atoms with Gasteiger partial charge in [-0.1, -0.05) is 11.6 Å². The lowest BCUT2D eigenvalue weighted by molar-refractivity contribution is 0.0600. The number of hydrogen-bond acceptors (Lipinski definition) is 5. The first kappa shape index (κ1) is 13.5. The molecule has 0 heterocycles. The Hall–Kier alpha value is -1.58. The molecule has 0 saturated heterocycles. The Kier molecular flexibility index (Phi) is 4.10. The van der Waals surface area contributed by atoms with E-state index in [1.54, 1.807) is 6.07 Å². The molecule has 0 atom stereocenters. The molecule has 0 spiro atoms. The van der Waals surface area contributed by atoms with Crippen molar-refractivity contribution >= 4 is 27.4 Å². The fourth-order valence-electron chi connectivity index (χ4n) is 1.15. The van der Waals surface area contributed by atoms with E-state index >= 15 is 0 Å². The van der Waals surface area contributed by atoms with Crippen molar-refractivity contribution < 1.29 is 17.9 Å². The topological polar surface area (TPSA) is 84.2 Å². The lowest BCUT2D eigenvalue weighted by Gasteiger charge is -2.04. The molecule has 0 saturated carbocycles. The summed E-state index contributed by atoms with van der Waals surface area (Å²) in [6.07, 6.45) is 0. The number of esters is 1. The number of carbonyl (C=O) groups is 1. The zero-order valence-corrected chi connectivity index (χ0v) is 10.4. The van der Waals surface area contributed by atoms with Crippen molar-refractivity contribution in [1.82, 2.24) is 0 Å². The van der Waals surface area contributed by atoms with Gasteiger partial charge < -0.3 is 4.74 Å². The first-order valence-electron chi connectivity index (χ1n) is 4.39. The van der Waals surface area contributed by atoms with Crippen LogP contribution in [0.5, 0.6) is 0 Å². The Morgan fingerprint density at radius 2 is 2.12 bits per heavy atom. The number of ether oxygens (including phenoxy) is 1. The third kappa shape index (κ3) is 3.19. The molecule has 0 N–H and O–H groups in total. The minimum absolute atomic E-state index is 0.0246. The Labute approximate surface area is 103 Å². The molecule has 0 aliphatic heterocycles. The number of nitriles is 1. The monoisotopic (exact) mass is 273 g/mol. The third-order valence-corrected chi connectivity index (χ3v) is 3.59. The molecule has 17 heavy (non-hydrogen) atoms. The molecule has 0 radical (unpaired) electrons. The van der Waals surface area contributed by atoms with Gasteiger partial charge >= 0.3 is 5.97 Å². The van der Waals surface area contributed by atoms with Crippen LogP contribution in [0.25, 0.3) is 0 Å². The molecule has 1 rings (SSSR count). The molecule has 0 aliphatic rings. The molecule has 1 aromatic rings. The van der Waals surface area contributed by atoms with E-state index in [2.05, 4.69) is 4.74 Å². The SMILES string of the molecule is COC(=O)c1cc(Cl)cc(S(=O)(=O)CC#N)c1. The second-order valence-corrected chi connectivity index (χ2v) is 5.51. The average molecular weight is 274 g/mol. The normalized spacial score (nSPS) is 10.6. The van der Waals surface area contributed by atoms with Crippen LogP contribution in [-0.4, -0.2) is 27.2 Å². The van der Waals surface area contributed by atoms with Gasteiger partial charge in [0.25, 0.3) is 0 Å². The fraction of sp³-hybridized carbons (Fsp3) is 0.200. The summed E-state index contributed by atoms with van der Waals surface area (Å²) in [7, 11) is -2.58. The maximum absolute atomic E-state index is 11.6. The van der Waals surface area contributed by atoms with E-state index in [0.717, 1.165) is 6.07 Å². The smallest absolute Gasteiger partial charge is 0.337 e. The number of carbonyl (C=O) groups excluding carboxylic acids is 1. The van der Waals surface area contributed by atoms with Crippen molar-refractivity contribution in [3.05, 3.63) is 28.8 Å². The van der Waals surface area contributed by atoms with Crippen molar-refractivity contribution in [2.24, 2.45) is 0 Å². The fourth-order valence-corrected chi connectivity index (χ4v) is 2.40. The Bertz CT molecular complexity index is 589. The van der Waals surface area contributed by atoms with Crippen LogP contribution in [0.2, 0.25) is 5.02 Å². The number of halogens is 1. The van der Waals surface area contributed by atoms with Crippen LogP contribution in [0.1, 0.15) is 10.4 Å². The quantitative estimate of drug-likeness (QED) is 0.778. The van der Waals surface area contributed by atoms with Gasteiger partial charge in [0.1, 0.15) is 5.75 Å². The number of benzene rings is 1. The molecule has 0 bridgehead atoms. The molecule has 7 heteroatoms. The molecular weight excluding hydrogens is 266 g/mol. The van der Waals surface area contributed by atoms with Gasteiger partial charge in [-0.25, -0.2) is 13.2 Å². The van der Waals surface area contributed by atoms with Gasteiger partial charge in [-0.2, -0.15) is 5.26 Å². The zero-order valence-electron chi connectivity index (χ0n) is 8.81. The summed E-state index contributed by atoms with van der Waals surface area (Å²) in [5.74, 6) is -1.37. The first-order valence-corrected chi connectivity index (χ1v) is 6.42. The van der Waals surface area contributed by atoms with Crippen LogP contribution < -0.4 is 0 Å². The molecule has 90 valence electrons. The van der Waals surface area contributed by atoms with Crippen LogP contribution in [0.3, 0.4) is 0 Å². The second kappa shape index (κ2) is 5.17. The van der Waals surface area contributed by atoms with Gasteiger partial charge in [-0.05, 0) is 18.2 Å². The van der Waals surface area contributed by atoms with E-state index in [9.17, 15) is 13.2 Å². The molecule has 5 nitrogen and oxygen atoms in total. The van der Waals surface area contributed by atoms with Gasteiger partial charge in [-0.3, -0.25) is 0 Å². The maximum Gasteiger partial charge on any atom is 0.337 e. The lowest BCUT2D eigenvalue weighted by Crippen LogP contribution is -2.08. The van der Waals surface area contributed by atoms with Gasteiger partial charge in [0, 0.05) is 5.02 Å². The Morgan fingerprint density at radius 3 is 2.65 bits per heavy atom. The summed E-state index contributed by atoms with van der Waals surface area (Å²) in [6.45, 7) is 0. The number of sulfone groups is 1. The van der Waals surface area contributed by atoms with Crippen LogP contribution >= 0.6 is 11.6 Å². The summed E-state index contributed by atoms with van der Waals surface area (Å²) in [5.41, 5.74) is 0.0246. The highest BCUT2D eigenvalue weighted by Crippen LogP contribution is 2.20. The maximum atomic E-state index is 11.6. The third-order valence-electron chi connectivity index (χ3n) is 1.91. The summed E-state index contributed by atoms with van der Waals surface area (Å²) in [5, 5.41) is 8.49. The van der Waals surface area contributed by atoms with Crippen molar-refractivity contribution in [3.8, 4) is 6.07 Å². The molecule has 0 amide bonds. The van der Waals surface area contributed by atoms with E-state index in [1.807, 2.05) is 0 Å². The van der Waals surface area contributed by atoms with Crippen LogP contribution in [0.4, 0.5) is 0 Å². The summed E-state index contributed by atoms with van der Waals surface area (Å²) < 4.78 is 27.7. The average Bonchev–Trinajstić information content (AvgIpc) is 2.27. The van der Waals surface area contributed by atoms with Gasteiger partial charge in [0.2, 0.25) is 0 Å². The minimum atomic E-state index is -3.75. The van der Waals surface area contributed by atoms with E-state index in [0.29, 0.717) is 0 Å². The predicted octanol–water partition coefficient (Wildman–Crippen LogP) is 1.42. The van der Waals surface area contributed by atoms with Crippen molar-refractivity contribution in [3.63, 3.8) is 0 Å². The van der Waals surface area contributed by atoms with Crippen molar-refractivity contribution in [2.75, 3.05) is 12.9 Å². The largest absolute Gasteiger partial charge is 0.465 e.